The Bertz CT molecular complexity index is 604. The quantitative estimate of drug-likeness (QED) is 0.582. The molecule has 0 amide bonds. The van der Waals surface area contributed by atoms with Crippen molar-refractivity contribution in [2.75, 3.05) is 5.73 Å². The largest absolute Gasteiger partial charge is 0.448 e. The lowest BCUT2D eigenvalue weighted by Gasteiger charge is -2.02. The summed E-state index contributed by atoms with van der Waals surface area (Å²) in [5, 5.41) is 0. The first-order valence-electron chi connectivity index (χ1n) is 4.59. The zero-order chi connectivity index (χ0) is 12.6. The smallest absolute Gasteiger partial charge is 0.391 e. The molecule has 0 saturated heterocycles. The number of rotatable bonds is 2. The van der Waals surface area contributed by atoms with Crippen LogP contribution in [0.3, 0.4) is 0 Å². The summed E-state index contributed by atoms with van der Waals surface area (Å²) in [6, 6.07) is 7.89. The molecule has 0 radical (unpaired) electrons. The van der Waals surface area contributed by atoms with E-state index in [1.54, 1.807) is 18.2 Å². The predicted molar refractivity (Wildman–Crippen MR) is 67.9 cm³/mol. The average molecular weight is 318 g/mol. The Kier molecular flexibility index (Phi) is 3.14. The van der Waals surface area contributed by atoms with Crippen molar-refractivity contribution in [1.29, 1.82) is 0 Å². The van der Waals surface area contributed by atoms with Crippen LogP contribution < -0.4 is 11.2 Å². The van der Waals surface area contributed by atoms with E-state index in [2.05, 4.69) is 15.9 Å². The molecule has 7 heteroatoms. The van der Waals surface area contributed by atoms with E-state index in [0.717, 1.165) is 4.47 Å². The average Bonchev–Trinajstić information content (AvgIpc) is 2.70. The van der Waals surface area contributed by atoms with Crippen LogP contribution in [0.4, 0.5) is 5.69 Å². The minimum Gasteiger partial charge on any atom is -0.448 e. The third kappa shape index (κ3) is 2.61. The maximum absolute atomic E-state index is 11.0. The van der Waals surface area contributed by atoms with Crippen molar-refractivity contribution in [1.82, 2.24) is 0 Å². The van der Waals surface area contributed by atoms with Crippen LogP contribution in [0.1, 0.15) is 0 Å². The van der Waals surface area contributed by atoms with E-state index < -0.39 is 7.60 Å². The van der Waals surface area contributed by atoms with Crippen LogP contribution in [-0.2, 0) is 4.57 Å². The summed E-state index contributed by atoms with van der Waals surface area (Å²) in [7, 11) is -4.35. The molecule has 0 fully saturated rings. The van der Waals surface area contributed by atoms with Crippen LogP contribution in [0.15, 0.2) is 39.2 Å². The van der Waals surface area contributed by atoms with Gasteiger partial charge >= 0.3 is 7.60 Å². The Morgan fingerprint density at radius 1 is 1.24 bits per heavy atom. The Labute approximate surface area is 106 Å². The Morgan fingerprint density at radius 2 is 1.94 bits per heavy atom. The number of hydrogen-bond acceptors (Lipinski definition) is 3. The molecule has 0 atom stereocenters. The number of benzene rings is 1. The fourth-order valence-corrected chi connectivity index (χ4v) is 2.07. The summed E-state index contributed by atoms with van der Waals surface area (Å²) in [6.07, 6.45) is 0. The summed E-state index contributed by atoms with van der Waals surface area (Å²) >= 11 is 3.26. The SMILES string of the molecule is Nc1cc(-c2ccc(P(=O)(O)O)o2)ccc1Br. The van der Waals surface area contributed by atoms with Crippen molar-refractivity contribution in [2.45, 2.75) is 0 Å². The number of anilines is 1. The Morgan fingerprint density at radius 3 is 2.47 bits per heavy atom. The summed E-state index contributed by atoms with van der Waals surface area (Å²) in [6.45, 7) is 0. The fraction of sp³-hybridized carbons (Fsp3) is 0. The predicted octanol–water partition coefficient (Wildman–Crippen LogP) is 2.09. The first kappa shape index (κ1) is 12.4. The zero-order valence-corrected chi connectivity index (χ0v) is 11.0. The highest BCUT2D eigenvalue weighted by Gasteiger charge is 2.22. The van der Waals surface area contributed by atoms with E-state index in [1.807, 2.05) is 0 Å². The first-order chi connectivity index (χ1) is 7.88. The van der Waals surface area contributed by atoms with Crippen molar-refractivity contribution in [3.05, 3.63) is 34.8 Å². The maximum Gasteiger partial charge on any atom is 0.391 e. The van der Waals surface area contributed by atoms with Gasteiger partial charge in [-0.15, -0.1) is 0 Å². The van der Waals surface area contributed by atoms with Gasteiger partial charge in [-0.05, 0) is 46.3 Å². The zero-order valence-electron chi connectivity index (χ0n) is 8.50. The molecular weight excluding hydrogens is 309 g/mol. The number of halogens is 1. The van der Waals surface area contributed by atoms with Crippen molar-refractivity contribution in [2.24, 2.45) is 0 Å². The molecule has 0 spiro atoms. The van der Waals surface area contributed by atoms with E-state index in [1.165, 1.54) is 12.1 Å². The number of nitrogens with two attached hydrogens (primary N) is 1. The van der Waals surface area contributed by atoms with Gasteiger partial charge in [0, 0.05) is 15.7 Å². The van der Waals surface area contributed by atoms with Crippen molar-refractivity contribution in [3.8, 4) is 11.3 Å². The van der Waals surface area contributed by atoms with Gasteiger partial charge in [-0.25, -0.2) is 0 Å². The van der Waals surface area contributed by atoms with Crippen LogP contribution in [0.2, 0.25) is 0 Å². The molecule has 2 aromatic rings. The molecule has 0 saturated carbocycles. The highest BCUT2D eigenvalue weighted by atomic mass is 79.9. The number of furan rings is 1. The molecule has 0 unspecified atom stereocenters. The minimum atomic E-state index is -4.35. The molecule has 4 N–H and O–H groups in total. The number of hydrogen-bond donors (Lipinski definition) is 3. The van der Waals surface area contributed by atoms with Crippen LogP contribution >= 0.6 is 23.5 Å². The third-order valence-corrected chi connectivity index (χ3v) is 3.70. The molecule has 2 rings (SSSR count). The second-order valence-corrected chi connectivity index (χ2v) is 5.80. The van der Waals surface area contributed by atoms with Crippen molar-refractivity contribution < 1.29 is 18.8 Å². The molecule has 17 heavy (non-hydrogen) atoms. The molecule has 5 nitrogen and oxygen atoms in total. The molecule has 90 valence electrons. The van der Waals surface area contributed by atoms with Gasteiger partial charge in [0.2, 0.25) is 5.50 Å². The second-order valence-electron chi connectivity index (χ2n) is 3.42. The molecular formula is C10H9BrNO4P. The molecule has 1 aromatic carbocycles. The first-order valence-corrected chi connectivity index (χ1v) is 7.00. The fourth-order valence-electron chi connectivity index (χ4n) is 1.34. The van der Waals surface area contributed by atoms with Gasteiger partial charge in [-0.1, -0.05) is 0 Å². The van der Waals surface area contributed by atoms with Crippen LogP contribution in [0, 0.1) is 0 Å². The topological polar surface area (TPSA) is 96.7 Å². The molecule has 0 aliphatic rings. The molecule has 1 aromatic heterocycles. The van der Waals surface area contributed by atoms with Gasteiger partial charge in [0.25, 0.3) is 0 Å². The lowest BCUT2D eigenvalue weighted by molar-refractivity contribution is 0.377. The lowest BCUT2D eigenvalue weighted by atomic mass is 10.1. The monoisotopic (exact) mass is 317 g/mol. The second kappa shape index (κ2) is 4.31. The summed E-state index contributed by atoms with van der Waals surface area (Å²) in [4.78, 5) is 17.9. The number of nitrogen functional groups attached to an aromatic ring is 1. The molecule has 1 heterocycles. The third-order valence-electron chi connectivity index (χ3n) is 2.16. The molecule has 0 aliphatic carbocycles. The molecule has 0 aliphatic heterocycles. The highest BCUT2D eigenvalue weighted by molar-refractivity contribution is 9.10. The van der Waals surface area contributed by atoms with Gasteiger partial charge in [-0.3, -0.25) is 4.57 Å². The van der Waals surface area contributed by atoms with Crippen LogP contribution in [0.25, 0.3) is 11.3 Å². The van der Waals surface area contributed by atoms with Gasteiger partial charge in [-0.2, -0.15) is 0 Å². The normalized spacial score (nSPS) is 11.7. The standard InChI is InChI=1S/C10H9BrNO4P/c11-7-2-1-6(5-8(7)12)9-3-4-10(16-9)17(13,14)15/h1-5H,12H2,(H2,13,14,15). The Hall–Kier alpha value is -1.07. The minimum absolute atomic E-state index is 0.353. The van der Waals surface area contributed by atoms with E-state index in [-0.39, 0.29) is 5.50 Å². The van der Waals surface area contributed by atoms with Crippen LogP contribution in [-0.4, -0.2) is 9.79 Å². The lowest BCUT2D eigenvalue weighted by Crippen LogP contribution is -1.98. The summed E-state index contributed by atoms with van der Waals surface area (Å²) < 4.78 is 16.8. The van der Waals surface area contributed by atoms with E-state index in [0.29, 0.717) is 17.0 Å². The van der Waals surface area contributed by atoms with Gasteiger partial charge in [0.15, 0.2) is 0 Å². The Balaban J connectivity index is 2.44. The van der Waals surface area contributed by atoms with Gasteiger partial charge in [0.05, 0.1) is 0 Å². The van der Waals surface area contributed by atoms with E-state index in [4.69, 9.17) is 19.9 Å². The van der Waals surface area contributed by atoms with Crippen molar-refractivity contribution >= 4 is 34.7 Å². The van der Waals surface area contributed by atoms with Crippen molar-refractivity contribution in [3.63, 3.8) is 0 Å². The van der Waals surface area contributed by atoms with Gasteiger partial charge in [0.1, 0.15) is 5.76 Å². The molecule has 0 bridgehead atoms. The van der Waals surface area contributed by atoms with Crippen LogP contribution in [0.5, 0.6) is 0 Å². The summed E-state index contributed by atoms with van der Waals surface area (Å²) in [5.41, 5.74) is 6.54. The van der Waals surface area contributed by atoms with E-state index in [9.17, 15) is 4.57 Å². The van der Waals surface area contributed by atoms with E-state index >= 15 is 0 Å². The summed E-state index contributed by atoms with van der Waals surface area (Å²) in [5.74, 6) is 0.363. The highest BCUT2D eigenvalue weighted by Crippen LogP contribution is 2.36. The maximum atomic E-state index is 11.0. The van der Waals surface area contributed by atoms with Gasteiger partial charge < -0.3 is 19.9 Å².